The van der Waals surface area contributed by atoms with Gasteiger partial charge in [0, 0.05) is 24.0 Å². The predicted molar refractivity (Wildman–Crippen MR) is 95.1 cm³/mol. The van der Waals surface area contributed by atoms with Crippen molar-refractivity contribution in [3.63, 3.8) is 0 Å². The van der Waals surface area contributed by atoms with Crippen molar-refractivity contribution in [3.8, 4) is 17.2 Å². The first kappa shape index (κ1) is 15.7. The zero-order valence-electron chi connectivity index (χ0n) is 13.3. The van der Waals surface area contributed by atoms with E-state index in [1.807, 2.05) is 10.8 Å². The topological polar surface area (TPSA) is 98.9 Å². The molecule has 1 aliphatic rings. The van der Waals surface area contributed by atoms with Crippen molar-refractivity contribution in [1.82, 2.24) is 9.55 Å². The highest BCUT2D eigenvalue weighted by Gasteiger charge is 2.24. The lowest BCUT2D eigenvalue weighted by molar-refractivity contribution is 0.0702. The zero-order chi connectivity index (χ0) is 17.6. The summed E-state index contributed by atoms with van der Waals surface area (Å²) in [5.41, 5.74) is 2.20. The molecule has 0 bridgehead atoms. The van der Waals surface area contributed by atoms with E-state index < -0.39 is 5.97 Å². The molecule has 0 spiro atoms. The Balaban J connectivity index is 2.03. The molecule has 0 aromatic carbocycles. The van der Waals surface area contributed by atoms with E-state index in [0.717, 1.165) is 37.0 Å². The Kier molecular flexibility index (Phi) is 3.70. The van der Waals surface area contributed by atoms with Crippen LogP contribution in [0.5, 0.6) is 0 Å². The summed E-state index contributed by atoms with van der Waals surface area (Å²) in [4.78, 5) is 26.6. The highest BCUT2D eigenvalue weighted by Crippen LogP contribution is 2.38. The van der Waals surface area contributed by atoms with Gasteiger partial charge in [0.1, 0.15) is 10.9 Å². The van der Waals surface area contributed by atoms with E-state index in [0.29, 0.717) is 27.6 Å². The molecule has 6 nitrogen and oxygen atoms in total. The first-order chi connectivity index (χ1) is 12.1. The maximum Gasteiger partial charge on any atom is 0.345 e. The summed E-state index contributed by atoms with van der Waals surface area (Å²) in [7, 11) is 0. The van der Waals surface area contributed by atoms with Crippen molar-refractivity contribution < 1.29 is 9.90 Å². The van der Waals surface area contributed by atoms with Gasteiger partial charge in [-0.15, -0.1) is 11.3 Å². The minimum atomic E-state index is -0.984. The summed E-state index contributed by atoms with van der Waals surface area (Å²) in [6.07, 6.45) is 7.66. The Morgan fingerprint density at radius 1 is 1.40 bits per heavy atom. The smallest absolute Gasteiger partial charge is 0.345 e. The van der Waals surface area contributed by atoms with Gasteiger partial charge >= 0.3 is 5.97 Å². The molecule has 0 atom stereocenters. The van der Waals surface area contributed by atoms with Crippen LogP contribution in [-0.4, -0.2) is 20.6 Å². The molecule has 3 heterocycles. The number of aromatic nitrogens is 2. The van der Waals surface area contributed by atoms with Crippen molar-refractivity contribution >= 4 is 28.2 Å². The lowest BCUT2D eigenvalue weighted by Gasteiger charge is -2.13. The Bertz CT molecular complexity index is 1080. The average molecular weight is 353 g/mol. The van der Waals surface area contributed by atoms with Crippen LogP contribution in [0.3, 0.4) is 0 Å². The number of carboxylic acids is 1. The first-order valence-electron chi connectivity index (χ1n) is 8.08. The summed E-state index contributed by atoms with van der Waals surface area (Å²) in [6.45, 7) is 0. The fourth-order valence-corrected chi connectivity index (χ4v) is 4.42. The number of nitriles is 1. The number of nitrogens with one attached hydrogen (secondary N) is 1. The molecule has 0 aliphatic heterocycles. The van der Waals surface area contributed by atoms with Crippen LogP contribution >= 0.6 is 11.3 Å². The molecule has 1 saturated carbocycles. The van der Waals surface area contributed by atoms with Gasteiger partial charge in [-0.1, -0.05) is 12.8 Å². The Labute approximate surface area is 147 Å². The van der Waals surface area contributed by atoms with Gasteiger partial charge < -0.3 is 14.7 Å². The van der Waals surface area contributed by atoms with Crippen LogP contribution in [0, 0.1) is 11.3 Å². The SMILES string of the molecule is N#Cc1c[nH]c(=O)c2c(-c3csc(C(=O)O)c3)cn(C3CCCC3)c12. The lowest BCUT2D eigenvalue weighted by Crippen LogP contribution is -2.09. The molecule has 3 aromatic rings. The third-order valence-corrected chi connectivity index (χ3v) is 5.74. The Hall–Kier alpha value is -2.85. The number of H-pyrrole nitrogens is 1. The van der Waals surface area contributed by atoms with E-state index in [1.54, 1.807) is 11.4 Å². The summed E-state index contributed by atoms with van der Waals surface area (Å²) in [5, 5.41) is 20.9. The number of rotatable bonds is 3. The monoisotopic (exact) mass is 353 g/mol. The van der Waals surface area contributed by atoms with Gasteiger partial charge in [-0.2, -0.15) is 5.26 Å². The second-order valence-electron chi connectivity index (χ2n) is 6.26. The number of pyridine rings is 1. The van der Waals surface area contributed by atoms with Crippen LogP contribution in [0.4, 0.5) is 0 Å². The van der Waals surface area contributed by atoms with Crippen LogP contribution in [0.1, 0.15) is 47.0 Å². The van der Waals surface area contributed by atoms with E-state index in [9.17, 15) is 14.9 Å². The predicted octanol–water partition coefficient (Wildman–Crippen LogP) is 3.74. The average Bonchev–Trinajstić information content (AvgIpc) is 3.33. The van der Waals surface area contributed by atoms with E-state index >= 15 is 0 Å². The van der Waals surface area contributed by atoms with Gasteiger partial charge in [-0.25, -0.2) is 4.79 Å². The highest BCUT2D eigenvalue weighted by atomic mass is 32.1. The van der Waals surface area contributed by atoms with Crippen molar-refractivity contribution in [2.45, 2.75) is 31.7 Å². The maximum atomic E-state index is 12.5. The zero-order valence-corrected chi connectivity index (χ0v) is 14.1. The molecular weight excluding hydrogens is 338 g/mol. The summed E-state index contributed by atoms with van der Waals surface area (Å²) < 4.78 is 2.05. The van der Waals surface area contributed by atoms with Gasteiger partial charge in [0.15, 0.2) is 0 Å². The quantitative estimate of drug-likeness (QED) is 0.749. The van der Waals surface area contributed by atoms with Crippen LogP contribution in [0.25, 0.3) is 22.0 Å². The second kappa shape index (κ2) is 5.90. The van der Waals surface area contributed by atoms with Gasteiger partial charge in [0.05, 0.1) is 16.5 Å². The van der Waals surface area contributed by atoms with Crippen LogP contribution in [0.2, 0.25) is 0 Å². The van der Waals surface area contributed by atoms with Crippen LogP contribution < -0.4 is 5.56 Å². The minimum absolute atomic E-state index is 0.227. The molecule has 0 saturated heterocycles. The molecule has 0 radical (unpaired) electrons. The molecule has 4 rings (SSSR count). The van der Waals surface area contributed by atoms with Crippen molar-refractivity contribution in [3.05, 3.63) is 44.6 Å². The van der Waals surface area contributed by atoms with Gasteiger partial charge in [0.25, 0.3) is 5.56 Å². The first-order valence-corrected chi connectivity index (χ1v) is 8.96. The molecule has 25 heavy (non-hydrogen) atoms. The standard InChI is InChI=1S/C18H15N3O3S/c19-6-11-7-20-17(22)15-13(10-5-14(18(23)24)25-9-10)8-21(16(11)15)12-3-1-2-4-12/h5,7-9,12H,1-4H2,(H,20,22)(H,23,24). The summed E-state index contributed by atoms with van der Waals surface area (Å²) in [5.74, 6) is -0.984. The number of fused-ring (bicyclic) bond motifs is 1. The van der Waals surface area contributed by atoms with Crippen LogP contribution in [-0.2, 0) is 0 Å². The van der Waals surface area contributed by atoms with Gasteiger partial charge in [-0.3, -0.25) is 4.79 Å². The van der Waals surface area contributed by atoms with E-state index in [4.69, 9.17) is 5.11 Å². The molecule has 126 valence electrons. The molecule has 1 fully saturated rings. The molecule has 0 unspecified atom stereocenters. The largest absolute Gasteiger partial charge is 0.477 e. The Morgan fingerprint density at radius 3 is 2.80 bits per heavy atom. The number of carboxylic acid groups (broad SMARTS) is 1. The number of carbonyl (C=O) groups is 1. The number of aromatic amines is 1. The van der Waals surface area contributed by atoms with E-state index in [2.05, 4.69) is 11.1 Å². The molecule has 3 aromatic heterocycles. The van der Waals surface area contributed by atoms with Gasteiger partial charge in [-0.05, 0) is 29.9 Å². The number of aromatic carboxylic acids is 1. The fraction of sp³-hybridized carbons (Fsp3) is 0.278. The van der Waals surface area contributed by atoms with Gasteiger partial charge in [0.2, 0.25) is 0 Å². The molecule has 1 aliphatic carbocycles. The lowest BCUT2D eigenvalue weighted by atomic mass is 10.1. The minimum Gasteiger partial charge on any atom is -0.477 e. The highest BCUT2D eigenvalue weighted by molar-refractivity contribution is 7.12. The van der Waals surface area contributed by atoms with E-state index in [-0.39, 0.29) is 16.5 Å². The van der Waals surface area contributed by atoms with Crippen LogP contribution in [0.15, 0.2) is 28.6 Å². The third kappa shape index (κ3) is 2.46. The van der Waals surface area contributed by atoms with Crippen molar-refractivity contribution in [2.24, 2.45) is 0 Å². The molecule has 0 amide bonds. The third-order valence-electron chi connectivity index (χ3n) is 4.82. The fourth-order valence-electron chi connectivity index (χ4n) is 3.67. The summed E-state index contributed by atoms with van der Waals surface area (Å²) >= 11 is 1.13. The normalized spacial score (nSPS) is 14.8. The number of thiophene rings is 1. The Morgan fingerprint density at radius 2 is 2.16 bits per heavy atom. The van der Waals surface area contributed by atoms with Crippen molar-refractivity contribution in [1.29, 1.82) is 5.26 Å². The molecule has 7 heteroatoms. The number of hydrogen-bond acceptors (Lipinski definition) is 4. The molecule has 2 N–H and O–H groups in total. The van der Waals surface area contributed by atoms with Crippen molar-refractivity contribution in [2.75, 3.05) is 0 Å². The van der Waals surface area contributed by atoms with E-state index in [1.165, 1.54) is 6.20 Å². The summed E-state index contributed by atoms with van der Waals surface area (Å²) in [6, 6.07) is 4.02. The molecular formula is C18H15N3O3S. The number of hydrogen-bond donors (Lipinski definition) is 2. The number of nitrogens with zero attached hydrogens (tertiary/aromatic N) is 2. The maximum absolute atomic E-state index is 12.5. The second-order valence-corrected chi connectivity index (χ2v) is 7.17.